The summed E-state index contributed by atoms with van der Waals surface area (Å²) in [5.74, 6) is 1.16. The van der Waals surface area contributed by atoms with Gasteiger partial charge in [-0.05, 0) is 31.6 Å². The maximum atomic E-state index is 6.24. The lowest BCUT2D eigenvalue weighted by molar-refractivity contribution is 0.651. The van der Waals surface area contributed by atoms with E-state index in [1.165, 1.54) is 30.6 Å². The number of halogens is 1. The monoisotopic (exact) mass is 276 g/mol. The molecule has 0 saturated carbocycles. The van der Waals surface area contributed by atoms with Crippen LogP contribution in [0.15, 0.2) is 12.7 Å². The molecule has 2 aromatic heterocycles. The third-order valence-electron chi connectivity index (χ3n) is 3.65. The van der Waals surface area contributed by atoms with E-state index >= 15 is 0 Å². The highest BCUT2D eigenvalue weighted by atomic mass is 35.5. The lowest BCUT2D eigenvalue weighted by Crippen LogP contribution is -2.11. The van der Waals surface area contributed by atoms with Crippen molar-refractivity contribution in [1.29, 1.82) is 0 Å². The normalized spacial score (nSPS) is 14.7. The molecule has 0 saturated heterocycles. The molecule has 0 N–H and O–H groups in total. The summed E-state index contributed by atoms with van der Waals surface area (Å²) in [6, 6.07) is 0. The van der Waals surface area contributed by atoms with Crippen LogP contribution in [0.1, 0.15) is 49.6 Å². The van der Waals surface area contributed by atoms with Crippen LogP contribution in [0.3, 0.4) is 0 Å². The topological polar surface area (TPSA) is 43.6 Å². The van der Waals surface area contributed by atoms with E-state index in [0.717, 1.165) is 24.2 Å². The lowest BCUT2D eigenvalue weighted by atomic mass is 10.0. The third kappa shape index (κ3) is 2.14. The average molecular weight is 277 g/mol. The number of aromatic nitrogens is 4. The molecule has 0 amide bonds. The summed E-state index contributed by atoms with van der Waals surface area (Å²) in [7, 11) is 0. The first-order valence-electron chi connectivity index (χ1n) is 6.74. The molecular formula is C14H17ClN4. The van der Waals surface area contributed by atoms with E-state index in [9.17, 15) is 0 Å². The first-order valence-corrected chi connectivity index (χ1v) is 7.12. The molecule has 0 bridgehead atoms. The zero-order valence-electron chi connectivity index (χ0n) is 11.2. The van der Waals surface area contributed by atoms with E-state index in [2.05, 4.69) is 33.4 Å². The summed E-state index contributed by atoms with van der Waals surface area (Å²) in [4.78, 5) is 13.1. The van der Waals surface area contributed by atoms with Crippen molar-refractivity contribution in [3.63, 3.8) is 0 Å². The van der Waals surface area contributed by atoms with Crippen molar-refractivity contribution in [3.05, 3.63) is 34.8 Å². The Kier molecular flexibility index (Phi) is 3.27. The maximum absolute atomic E-state index is 6.24. The quantitative estimate of drug-likeness (QED) is 0.791. The molecule has 2 heterocycles. The Balaban J connectivity index is 2.17. The van der Waals surface area contributed by atoms with Crippen molar-refractivity contribution >= 4 is 11.6 Å². The predicted molar refractivity (Wildman–Crippen MR) is 74.9 cm³/mol. The van der Waals surface area contributed by atoms with E-state index in [1.54, 1.807) is 0 Å². The number of fused-ring (bicyclic) bond motifs is 1. The summed E-state index contributed by atoms with van der Waals surface area (Å²) in [6.45, 7) is 4.22. The molecule has 19 heavy (non-hydrogen) atoms. The summed E-state index contributed by atoms with van der Waals surface area (Å²) < 4.78 is 2.09. The molecule has 100 valence electrons. The number of hydrogen-bond donors (Lipinski definition) is 0. The number of aryl methyl sites for hydroxylation is 1. The standard InChI is InChI=1S/C14H17ClN4/c1-9(2)12-13(15)16-7-17-14(12)19-8-18-10-5-3-4-6-11(10)19/h7-9H,3-6H2,1-2H3. The van der Waals surface area contributed by atoms with Crippen LogP contribution in [0, 0.1) is 0 Å². The van der Waals surface area contributed by atoms with Crippen LogP contribution < -0.4 is 0 Å². The average Bonchev–Trinajstić information content (AvgIpc) is 2.81. The third-order valence-corrected chi connectivity index (χ3v) is 3.95. The number of imidazole rings is 1. The molecule has 0 aliphatic heterocycles. The fraction of sp³-hybridized carbons (Fsp3) is 0.500. The molecule has 3 rings (SSSR count). The number of nitrogens with zero attached hydrogens (tertiary/aromatic N) is 4. The Morgan fingerprint density at radius 1 is 1.16 bits per heavy atom. The highest BCUT2D eigenvalue weighted by molar-refractivity contribution is 6.30. The van der Waals surface area contributed by atoms with Crippen LogP contribution in [0.5, 0.6) is 0 Å². The van der Waals surface area contributed by atoms with Gasteiger partial charge in [-0.3, -0.25) is 4.57 Å². The highest BCUT2D eigenvalue weighted by Crippen LogP contribution is 2.30. The predicted octanol–water partition coefficient (Wildman–Crippen LogP) is 3.32. The van der Waals surface area contributed by atoms with Gasteiger partial charge in [0.15, 0.2) is 0 Å². The van der Waals surface area contributed by atoms with Crippen molar-refractivity contribution in [1.82, 2.24) is 19.5 Å². The largest absolute Gasteiger partial charge is 0.287 e. The van der Waals surface area contributed by atoms with Gasteiger partial charge < -0.3 is 0 Å². The molecule has 1 aliphatic carbocycles. The molecule has 2 aromatic rings. The van der Waals surface area contributed by atoms with E-state index in [1.807, 2.05) is 6.33 Å². The molecule has 0 atom stereocenters. The second-order valence-corrected chi connectivity index (χ2v) is 5.63. The molecule has 1 aliphatic rings. The molecule has 0 aromatic carbocycles. The molecule has 0 fully saturated rings. The Bertz CT molecular complexity index is 603. The van der Waals surface area contributed by atoms with Crippen LogP contribution in [0.2, 0.25) is 5.15 Å². The minimum absolute atomic E-state index is 0.283. The van der Waals surface area contributed by atoms with E-state index in [4.69, 9.17) is 11.6 Å². The van der Waals surface area contributed by atoms with Gasteiger partial charge in [-0.1, -0.05) is 25.4 Å². The molecule has 0 radical (unpaired) electrons. The molecular weight excluding hydrogens is 260 g/mol. The van der Waals surface area contributed by atoms with Gasteiger partial charge in [-0.15, -0.1) is 0 Å². The molecule has 5 heteroatoms. The van der Waals surface area contributed by atoms with Gasteiger partial charge in [-0.25, -0.2) is 15.0 Å². The minimum Gasteiger partial charge on any atom is -0.287 e. The van der Waals surface area contributed by atoms with Crippen molar-refractivity contribution in [2.24, 2.45) is 0 Å². The fourth-order valence-electron chi connectivity index (χ4n) is 2.71. The zero-order chi connectivity index (χ0) is 13.4. The van der Waals surface area contributed by atoms with Crippen LogP contribution in [-0.4, -0.2) is 19.5 Å². The van der Waals surface area contributed by atoms with Gasteiger partial charge in [0.2, 0.25) is 0 Å². The Labute approximate surface area is 117 Å². The summed E-state index contributed by atoms with van der Waals surface area (Å²) in [5.41, 5.74) is 3.48. The SMILES string of the molecule is CC(C)c1c(Cl)ncnc1-n1cnc2c1CCCC2. The second-order valence-electron chi connectivity index (χ2n) is 5.27. The summed E-state index contributed by atoms with van der Waals surface area (Å²) in [5, 5.41) is 0.540. The van der Waals surface area contributed by atoms with Gasteiger partial charge in [0.05, 0.1) is 5.69 Å². The van der Waals surface area contributed by atoms with E-state index in [-0.39, 0.29) is 5.92 Å². The lowest BCUT2D eigenvalue weighted by Gasteiger charge is -2.17. The van der Waals surface area contributed by atoms with Gasteiger partial charge in [0.25, 0.3) is 0 Å². The van der Waals surface area contributed by atoms with Crippen molar-refractivity contribution in [2.75, 3.05) is 0 Å². The van der Waals surface area contributed by atoms with Crippen LogP contribution in [-0.2, 0) is 12.8 Å². The highest BCUT2D eigenvalue weighted by Gasteiger charge is 2.21. The Morgan fingerprint density at radius 2 is 1.95 bits per heavy atom. The van der Waals surface area contributed by atoms with Crippen LogP contribution in [0.4, 0.5) is 0 Å². The first-order chi connectivity index (χ1) is 9.18. The zero-order valence-corrected chi connectivity index (χ0v) is 12.0. The van der Waals surface area contributed by atoms with Crippen molar-refractivity contribution in [3.8, 4) is 5.82 Å². The van der Waals surface area contributed by atoms with Gasteiger partial charge in [-0.2, -0.15) is 0 Å². The number of hydrogen-bond acceptors (Lipinski definition) is 3. The van der Waals surface area contributed by atoms with Crippen molar-refractivity contribution < 1.29 is 0 Å². The Morgan fingerprint density at radius 3 is 2.74 bits per heavy atom. The van der Waals surface area contributed by atoms with Gasteiger partial charge in [0.1, 0.15) is 23.6 Å². The van der Waals surface area contributed by atoms with Gasteiger partial charge in [0, 0.05) is 11.3 Å². The second kappa shape index (κ2) is 4.93. The minimum atomic E-state index is 0.283. The summed E-state index contributed by atoms with van der Waals surface area (Å²) >= 11 is 6.24. The Hall–Kier alpha value is -1.42. The number of rotatable bonds is 2. The molecule has 0 unspecified atom stereocenters. The van der Waals surface area contributed by atoms with E-state index < -0.39 is 0 Å². The van der Waals surface area contributed by atoms with Crippen LogP contribution >= 0.6 is 11.6 Å². The fourth-order valence-corrected chi connectivity index (χ4v) is 3.05. The smallest absolute Gasteiger partial charge is 0.146 e. The van der Waals surface area contributed by atoms with Crippen molar-refractivity contribution in [2.45, 2.75) is 45.4 Å². The summed E-state index contributed by atoms with van der Waals surface area (Å²) in [6.07, 6.45) is 7.98. The van der Waals surface area contributed by atoms with Crippen LogP contribution in [0.25, 0.3) is 5.82 Å². The first kappa shape index (κ1) is 12.6. The molecule has 0 spiro atoms. The van der Waals surface area contributed by atoms with Gasteiger partial charge >= 0.3 is 0 Å². The molecule has 4 nitrogen and oxygen atoms in total. The maximum Gasteiger partial charge on any atom is 0.146 e. The van der Waals surface area contributed by atoms with E-state index in [0.29, 0.717) is 5.15 Å².